The summed E-state index contributed by atoms with van der Waals surface area (Å²) < 4.78 is 82.1. The molecule has 0 aliphatic carbocycles. The van der Waals surface area contributed by atoms with Crippen LogP contribution in [0.2, 0.25) is 0 Å². The van der Waals surface area contributed by atoms with E-state index in [1.807, 2.05) is 0 Å². The zero-order chi connectivity index (χ0) is 21.0. The van der Waals surface area contributed by atoms with Crippen LogP contribution in [0.15, 0.2) is 57.8 Å². The number of nitrogens with zero attached hydrogens (tertiary/aromatic N) is 3. The van der Waals surface area contributed by atoms with Crippen LogP contribution in [0.1, 0.15) is 5.69 Å². The van der Waals surface area contributed by atoms with Gasteiger partial charge in [-0.25, -0.2) is 27.6 Å². The Bertz CT molecular complexity index is 1330. The molecule has 4 rings (SSSR count). The molecule has 0 saturated carbocycles. The SMILES string of the molecule is NS(=O)(=O)c1ccc(-n2nc(C(F)(F)F)cc2-c2nc3ccc(F)cc3o2)cc1. The van der Waals surface area contributed by atoms with Crippen molar-refractivity contribution in [1.29, 1.82) is 0 Å². The minimum atomic E-state index is -4.75. The molecule has 29 heavy (non-hydrogen) atoms. The summed E-state index contributed by atoms with van der Waals surface area (Å²) in [6.07, 6.45) is -4.75. The molecule has 2 N–H and O–H groups in total. The number of aromatic nitrogens is 3. The quantitative estimate of drug-likeness (QED) is 0.505. The predicted octanol–water partition coefficient (Wildman–Crippen LogP) is 3.49. The lowest BCUT2D eigenvalue weighted by atomic mass is 10.3. The molecule has 7 nitrogen and oxygen atoms in total. The molecule has 0 unspecified atom stereocenters. The first-order valence-corrected chi connectivity index (χ1v) is 9.44. The predicted molar refractivity (Wildman–Crippen MR) is 92.9 cm³/mol. The van der Waals surface area contributed by atoms with Gasteiger partial charge in [0, 0.05) is 12.1 Å². The zero-order valence-electron chi connectivity index (χ0n) is 14.2. The number of hydrogen-bond acceptors (Lipinski definition) is 5. The van der Waals surface area contributed by atoms with Crippen molar-refractivity contribution >= 4 is 21.1 Å². The Balaban J connectivity index is 1.90. The highest BCUT2D eigenvalue weighted by Gasteiger charge is 2.36. The van der Waals surface area contributed by atoms with E-state index in [1.54, 1.807) is 0 Å². The van der Waals surface area contributed by atoms with Crippen molar-refractivity contribution in [3.8, 4) is 17.3 Å². The van der Waals surface area contributed by atoms with Gasteiger partial charge < -0.3 is 4.42 Å². The zero-order valence-corrected chi connectivity index (χ0v) is 15.0. The summed E-state index contributed by atoms with van der Waals surface area (Å²) in [6.45, 7) is 0. The van der Waals surface area contributed by atoms with Gasteiger partial charge in [-0.3, -0.25) is 0 Å². The molecular formula is C17H10F4N4O3S. The monoisotopic (exact) mass is 426 g/mol. The molecule has 0 aliphatic rings. The molecule has 0 aliphatic heterocycles. The number of benzene rings is 2. The molecule has 2 aromatic heterocycles. The largest absolute Gasteiger partial charge is 0.435 e. The number of rotatable bonds is 3. The molecular weight excluding hydrogens is 416 g/mol. The fourth-order valence-corrected chi connectivity index (χ4v) is 3.17. The smallest absolute Gasteiger partial charge is 0.435 e. The first-order chi connectivity index (χ1) is 13.5. The number of halogens is 4. The maximum atomic E-state index is 13.4. The number of fused-ring (bicyclic) bond motifs is 1. The summed E-state index contributed by atoms with van der Waals surface area (Å²) in [5.74, 6) is -0.813. The lowest BCUT2D eigenvalue weighted by Gasteiger charge is -2.06. The van der Waals surface area contributed by atoms with E-state index in [-0.39, 0.29) is 33.3 Å². The molecule has 12 heteroatoms. The summed E-state index contributed by atoms with van der Waals surface area (Å²) in [6, 6.07) is 8.98. The average Bonchev–Trinajstić information content (AvgIpc) is 3.24. The third kappa shape index (κ3) is 3.59. The minimum absolute atomic E-state index is 0.0471. The molecule has 4 aromatic rings. The third-order valence-corrected chi connectivity index (χ3v) is 4.91. The molecule has 0 radical (unpaired) electrons. The van der Waals surface area contributed by atoms with Gasteiger partial charge in [-0.1, -0.05) is 0 Å². The lowest BCUT2D eigenvalue weighted by molar-refractivity contribution is -0.141. The Labute approximate surface area is 160 Å². The molecule has 0 spiro atoms. The molecule has 0 bridgehead atoms. The molecule has 0 saturated heterocycles. The van der Waals surface area contributed by atoms with Crippen LogP contribution >= 0.6 is 0 Å². The maximum absolute atomic E-state index is 13.4. The Hall–Kier alpha value is -3.25. The fraction of sp³-hybridized carbons (Fsp3) is 0.0588. The van der Waals surface area contributed by atoms with Gasteiger partial charge in [-0.15, -0.1) is 0 Å². The fourth-order valence-electron chi connectivity index (χ4n) is 2.65. The van der Waals surface area contributed by atoms with Gasteiger partial charge in [0.15, 0.2) is 11.3 Å². The van der Waals surface area contributed by atoms with Crippen LogP contribution in [-0.4, -0.2) is 23.2 Å². The normalized spacial score (nSPS) is 12.6. The Morgan fingerprint density at radius 2 is 1.72 bits per heavy atom. The van der Waals surface area contributed by atoms with E-state index in [0.717, 1.165) is 35.0 Å². The van der Waals surface area contributed by atoms with Gasteiger partial charge in [0.1, 0.15) is 17.0 Å². The van der Waals surface area contributed by atoms with Crippen molar-refractivity contribution in [2.45, 2.75) is 11.1 Å². The lowest BCUT2D eigenvalue weighted by Crippen LogP contribution is -2.12. The van der Waals surface area contributed by atoms with Gasteiger partial charge >= 0.3 is 6.18 Å². The van der Waals surface area contributed by atoms with E-state index in [1.165, 1.54) is 18.2 Å². The number of primary sulfonamides is 1. The van der Waals surface area contributed by atoms with Crippen molar-refractivity contribution in [3.63, 3.8) is 0 Å². The van der Waals surface area contributed by atoms with Crippen LogP contribution in [-0.2, 0) is 16.2 Å². The summed E-state index contributed by atoms with van der Waals surface area (Å²) in [4.78, 5) is 3.87. The van der Waals surface area contributed by atoms with Crippen LogP contribution < -0.4 is 5.14 Å². The number of sulfonamides is 1. The summed E-state index contributed by atoms with van der Waals surface area (Å²) in [5.41, 5.74) is -0.969. The van der Waals surface area contributed by atoms with Crippen molar-refractivity contribution in [2.24, 2.45) is 5.14 Å². The van der Waals surface area contributed by atoms with Gasteiger partial charge in [-0.05, 0) is 36.4 Å². The molecule has 2 heterocycles. The van der Waals surface area contributed by atoms with Gasteiger partial charge in [0.2, 0.25) is 15.9 Å². The average molecular weight is 426 g/mol. The van der Waals surface area contributed by atoms with Crippen molar-refractivity contribution < 1.29 is 30.4 Å². The van der Waals surface area contributed by atoms with Crippen LogP contribution in [0.4, 0.5) is 17.6 Å². The summed E-state index contributed by atoms with van der Waals surface area (Å²) in [5, 5.41) is 8.57. The van der Waals surface area contributed by atoms with E-state index in [2.05, 4.69) is 10.1 Å². The number of alkyl halides is 3. The van der Waals surface area contributed by atoms with Crippen molar-refractivity contribution in [1.82, 2.24) is 14.8 Å². The topological polar surface area (TPSA) is 104 Å². The minimum Gasteiger partial charge on any atom is -0.435 e. The number of nitrogens with two attached hydrogens (primary N) is 1. The second kappa shape index (κ2) is 6.39. The van der Waals surface area contributed by atoms with Crippen molar-refractivity contribution in [2.75, 3.05) is 0 Å². The Morgan fingerprint density at radius 1 is 1.03 bits per heavy atom. The molecule has 0 atom stereocenters. The molecule has 150 valence electrons. The van der Waals surface area contributed by atoms with Crippen LogP contribution in [0, 0.1) is 5.82 Å². The highest BCUT2D eigenvalue weighted by molar-refractivity contribution is 7.89. The maximum Gasteiger partial charge on any atom is 0.435 e. The molecule has 0 fully saturated rings. The van der Waals surface area contributed by atoms with E-state index < -0.39 is 27.7 Å². The number of oxazole rings is 1. The third-order valence-electron chi connectivity index (χ3n) is 3.98. The van der Waals surface area contributed by atoms with Crippen LogP contribution in [0.5, 0.6) is 0 Å². The van der Waals surface area contributed by atoms with Crippen LogP contribution in [0.3, 0.4) is 0 Å². The first-order valence-electron chi connectivity index (χ1n) is 7.89. The Kier molecular flexibility index (Phi) is 4.20. The highest BCUT2D eigenvalue weighted by atomic mass is 32.2. The van der Waals surface area contributed by atoms with E-state index in [0.29, 0.717) is 0 Å². The summed E-state index contributed by atoms with van der Waals surface area (Å²) >= 11 is 0. The highest BCUT2D eigenvalue weighted by Crippen LogP contribution is 2.34. The van der Waals surface area contributed by atoms with E-state index >= 15 is 0 Å². The second-order valence-corrected chi connectivity index (χ2v) is 7.56. The van der Waals surface area contributed by atoms with E-state index in [9.17, 15) is 26.0 Å². The van der Waals surface area contributed by atoms with Gasteiger partial charge in [-0.2, -0.15) is 18.3 Å². The molecule has 0 amide bonds. The van der Waals surface area contributed by atoms with Crippen molar-refractivity contribution in [3.05, 3.63) is 60.0 Å². The van der Waals surface area contributed by atoms with E-state index in [4.69, 9.17) is 9.56 Å². The number of hydrogen-bond donors (Lipinski definition) is 1. The van der Waals surface area contributed by atoms with Gasteiger partial charge in [0.05, 0.1) is 10.6 Å². The standard InChI is InChI=1S/C17H10F4N4O3S/c18-9-1-6-12-14(7-9)28-16(23-12)13-8-15(17(19,20)21)24-25(13)10-2-4-11(5-3-10)29(22,26)27/h1-8H,(H2,22,26,27). The van der Waals surface area contributed by atoms with Gasteiger partial charge in [0.25, 0.3) is 0 Å². The first kappa shape index (κ1) is 19.1. The second-order valence-electron chi connectivity index (χ2n) is 5.99. The Morgan fingerprint density at radius 3 is 2.34 bits per heavy atom. The van der Waals surface area contributed by atoms with Crippen LogP contribution in [0.25, 0.3) is 28.4 Å². The summed E-state index contributed by atoms with van der Waals surface area (Å²) in [7, 11) is -3.98. The molecule has 2 aromatic carbocycles.